The molecule has 0 saturated heterocycles. The minimum Gasteiger partial charge on any atom is -0.348 e. The molecule has 0 saturated carbocycles. The van der Waals surface area contributed by atoms with Gasteiger partial charge in [-0.2, -0.15) is 17.9 Å². The van der Waals surface area contributed by atoms with Crippen LogP contribution in [-0.4, -0.2) is 20.4 Å². The molecule has 0 aromatic heterocycles. The molecule has 2 rings (SSSR count). The van der Waals surface area contributed by atoms with Crippen LogP contribution >= 0.6 is 0 Å². The average Bonchev–Trinajstić information content (AvgIpc) is 2.66. The van der Waals surface area contributed by atoms with Crippen molar-refractivity contribution in [1.29, 1.82) is 0 Å². The molecule has 164 valence electrons. The average molecular weight is 443 g/mol. The van der Waals surface area contributed by atoms with Crippen molar-refractivity contribution in [2.24, 2.45) is 5.92 Å². The number of benzene rings is 2. The molecule has 0 aliphatic carbocycles. The summed E-state index contributed by atoms with van der Waals surface area (Å²) in [5.41, 5.74) is -0.427. The van der Waals surface area contributed by atoms with E-state index in [0.717, 1.165) is 17.7 Å². The van der Waals surface area contributed by atoms with Crippen LogP contribution in [0.5, 0.6) is 0 Å². The molecule has 5 nitrogen and oxygen atoms in total. The molecule has 1 amide bonds. The van der Waals surface area contributed by atoms with Crippen molar-refractivity contribution in [3.05, 3.63) is 65.7 Å². The fourth-order valence-corrected chi connectivity index (χ4v) is 4.45. The zero-order valence-corrected chi connectivity index (χ0v) is 17.7. The van der Waals surface area contributed by atoms with Crippen molar-refractivity contribution in [1.82, 2.24) is 10.0 Å². The second-order valence-electron chi connectivity index (χ2n) is 7.44. The van der Waals surface area contributed by atoms with E-state index >= 15 is 0 Å². The highest BCUT2D eigenvalue weighted by Gasteiger charge is 2.37. The number of carbonyl (C=O) groups excluding carboxylic acids is 1. The lowest BCUT2D eigenvalue weighted by molar-refractivity contribution is -0.139. The highest BCUT2D eigenvalue weighted by Crippen LogP contribution is 2.34. The van der Waals surface area contributed by atoms with E-state index in [2.05, 4.69) is 10.0 Å². The number of rotatable bonds is 8. The number of halogens is 3. The molecule has 0 heterocycles. The van der Waals surface area contributed by atoms with Crippen LogP contribution in [-0.2, 0) is 21.0 Å². The van der Waals surface area contributed by atoms with Gasteiger partial charge in [-0.25, -0.2) is 8.42 Å². The maximum atomic E-state index is 13.2. The monoisotopic (exact) mass is 442 g/mol. The molecule has 2 unspecified atom stereocenters. The van der Waals surface area contributed by atoms with Gasteiger partial charge in [0, 0.05) is 0 Å². The second kappa shape index (κ2) is 9.61. The van der Waals surface area contributed by atoms with Crippen molar-refractivity contribution >= 4 is 15.9 Å². The first-order chi connectivity index (χ1) is 13.9. The standard InChI is InChI=1S/C21H25F3N2O3S/c1-14(2)13-18(16-9-5-4-6-10-16)25-20(27)15(3)26-30(28,29)19-12-8-7-11-17(19)21(22,23)24/h4-12,14-15,18,26H,13H2,1-3H3,(H,25,27). The van der Waals surface area contributed by atoms with Crippen molar-refractivity contribution < 1.29 is 26.4 Å². The molecule has 0 fully saturated rings. The van der Waals surface area contributed by atoms with E-state index in [9.17, 15) is 26.4 Å². The molecule has 0 aliphatic rings. The highest BCUT2D eigenvalue weighted by molar-refractivity contribution is 7.89. The van der Waals surface area contributed by atoms with Crippen molar-refractivity contribution in [2.75, 3.05) is 0 Å². The summed E-state index contributed by atoms with van der Waals surface area (Å²) in [6.07, 6.45) is -4.22. The van der Waals surface area contributed by atoms with Gasteiger partial charge in [0.05, 0.1) is 22.5 Å². The fraction of sp³-hybridized carbons (Fsp3) is 0.381. The molecule has 0 bridgehead atoms. The van der Waals surface area contributed by atoms with E-state index in [0.29, 0.717) is 12.5 Å². The van der Waals surface area contributed by atoms with Crippen LogP contribution in [0, 0.1) is 5.92 Å². The maximum Gasteiger partial charge on any atom is 0.417 e. The second-order valence-corrected chi connectivity index (χ2v) is 9.12. The maximum absolute atomic E-state index is 13.2. The molecule has 0 radical (unpaired) electrons. The van der Waals surface area contributed by atoms with Gasteiger partial charge >= 0.3 is 6.18 Å². The predicted octanol–water partition coefficient (Wildman–Crippen LogP) is 4.28. The summed E-state index contributed by atoms with van der Waals surface area (Å²) in [7, 11) is -4.57. The highest BCUT2D eigenvalue weighted by atomic mass is 32.2. The summed E-state index contributed by atoms with van der Waals surface area (Å²) in [4.78, 5) is 11.7. The van der Waals surface area contributed by atoms with Crippen LogP contribution in [0.15, 0.2) is 59.5 Å². The Balaban J connectivity index is 2.20. The summed E-state index contributed by atoms with van der Waals surface area (Å²) in [5, 5.41) is 2.80. The lowest BCUT2D eigenvalue weighted by Gasteiger charge is -2.24. The van der Waals surface area contributed by atoms with Gasteiger partial charge in [-0.1, -0.05) is 56.3 Å². The number of hydrogen-bond acceptors (Lipinski definition) is 3. The molecule has 2 aromatic carbocycles. The summed E-state index contributed by atoms with van der Waals surface area (Å²) in [5.74, 6) is -0.376. The fourth-order valence-electron chi connectivity index (χ4n) is 3.02. The lowest BCUT2D eigenvalue weighted by atomic mass is 9.97. The first-order valence-corrected chi connectivity index (χ1v) is 10.9. The minimum atomic E-state index is -4.84. The van der Waals surface area contributed by atoms with E-state index in [-0.39, 0.29) is 12.0 Å². The van der Waals surface area contributed by atoms with Gasteiger partial charge in [0.2, 0.25) is 15.9 Å². The van der Waals surface area contributed by atoms with Gasteiger partial charge in [-0.3, -0.25) is 4.79 Å². The summed E-state index contributed by atoms with van der Waals surface area (Å²) >= 11 is 0. The Morgan fingerprint density at radius 2 is 1.53 bits per heavy atom. The summed E-state index contributed by atoms with van der Waals surface area (Å²) in [6.45, 7) is 5.27. The minimum absolute atomic E-state index is 0.251. The van der Waals surface area contributed by atoms with Crippen LogP contribution in [0.2, 0.25) is 0 Å². The number of amides is 1. The Morgan fingerprint density at radius 3 is 2.10 bits per heavy atom. The molecule has 2 atom stereocenters. The first kappa shape index (κ1) is 23.9. The third-order valence-corrected chi connectivity index (χ3v) is 6.03. The Hall–Kier alpha value is -2.39. The third-order valence-electron chi connectivity index (χ3n) is 4.43. The van der Waals surface area contributed by atoms with Crippen LogP contribution in [0.3, 0.4) is 0 Å². The van der Waals surface area contributed by atoms with Crippen LogP contribution in [0.25, 0.3) is 0 Å². The van der Waals surface area contributed by atoms with E-state index < -0.39 is 38.6 Å². The number of nitrogens with one attached hydrogen (secondary N) is 2. The van der Waals surface area contributed by atoms with Crippen molar-refractivity contribution in [2.45, 2.75) is 50.3 Å². The molecular weight excluding hydrogens is 417 g/mol. The van der Waals surface area contributed by atoms with Crippen LogP contribution < -0.4 is 10.0 Å². The largest absolute Gasteiger partial charge is 0.417 e. The first-order valence-electron chi connectivity index (χ1n) is 9.45. The zero-order valence-electron chi connectivity index (χ0n) is 16.9. The lowest BCUT2D eigenvalue weighted by Crippen LogP contribution is -2.46. The zero-order chi connectivity index (χ0) is 22.5. The van der Waals surface area contributed by atoms with Gasteiger partial charge in [-0.15, -0.1) is 0 Å². The van der Waals surface area contributed by atoms with Gasteiger partial charge in [0.15, 0.2) is 0 Å². The Labute approximate surface area is 174 Å². The van der Waals surface area contributed by atoms with Gasteiger partial charge in [-0.05, 0) is 37.0 Å². The molecule has 0 spiro atoms. The van der Waals surface area contributed by atoms with Gasteiger partial charge in [0.1, 0.15) is 0 Å². The molecular formula is C21H25F3N2O3S. The topological polar surface area (TPSA) is 75.3 Å². The van der Waals surface area contributed by atoms with Crippen LogP contribution in [0.4, 0.5) is 13.2 Å². The summed E-state index contributed by atoms with van der Waals surface area (Å²) < 4.78 is 66.7. The number of alkyl halides is 3. The number of sulfonamides is 1. The normalized spacial score (nSPS) is 14.4. The SMILES string of the molecule is CC(C)CC(NC(=O)C(C)NS(=O)(=O)c1ccccc1C(F)(F)F)c1ccccc1. The van der Waals surface area contributed by atoms with E-state index in [1.807, 2.05) is 44.2 Å². The molecule has 2 aromatic rings. The van der Waals surface area contributed by atoms with Crippen LogP contribution in [0.1, 0.15) is 44.4 Å². The predicted molar refractivity (Wildman–Crippen MR) is 108 cm³/mol. The molecule has 30 heavy (non-hydrogen) atoms. The number of hydrogen-bond donors (Lipinski definition) is 2. The molecule has 9 heteroatoms. The van der Waals surface area contributed by atoms with E-state index in [1.165, 1.54) is 13.0 Å². The molecule has 0 aliphatic heterocycles. The number of carbonyl (C=O) groups is 1. The summed E-state index contributed by atoms with van der Waals surface area (Å²) in [6, 6.07) is 11.4. The van der Waals surface area contributed by atoms with Gasteiger partial charge in [0.25, 0.3) is 0 Å². The smallest absolute Gasteiger partial charge is 0.348 e. The van der Waals surface area contributed by atoms with Crippen molar-refractivity contribution in [3.8, 4) is 0 Å². The molecule has 2 N–H and O–H groups in total. The Morgan fingerprint density at radius 1 is 0.967 bits per heavy atom. The third kappa shape index (κ3) is 6.30. The van der Waals surface area contributed by atoms with E-state index in [1.54, 1.807) is 0 Å². The van der Waals surface area contributed by atoms with E-state index in [4.69, 9.17) is 0 Å². The quantitative estimate of drug-likeness (QED) is 0.641. The van der Waals surface area contributed by atoms with Gasteiger partial charge < -0.3 is 5.32 Å². The Bertz CT molecular complexity index is 961. The van der Waals surface area contributed by atoms with Crippen molar-refractivity contribution in [3.63, 3.8) is 0 Å². The Kier molecular flexibility index (Phi) is 7.65.